The van der Waals surface area contributed by atoms with Crippen molar-refractivity contribution in [3.8, 4) is 16.9 Å². The first-order chi connectivity index (χ1) is 14.5. The van der Waals surface area contributed by atoms with Gasteiger partial charge in [0.15, 0.2) is 0 Å². The Morgan fingerprint density at radius 1 is 1.13 bits per heavy atom. The Labute approximate surface area is 175 Å². The average Bonchev–Trinajstić information content (AvgIpc) is 2.75. The van der Waals surface area contributed by atoms with Gasteiger partial charge in [-0.2, -0.15) is 0 Å². The molecular weight excluding hydrogens is 378 g/mol. The van der Waals surface area contributed by atoms with E-state index >= 15 is 0 Å². The molecule has 2 aliphatic rings. The van der Waals surface area contributed by atoms with Crippen LogP contribution < -0.4 is 10.1 Å². The van der Waals surface area contributed by atoms with Crippen LogP contribution in [0.15, 0.2) is 78.0 Å². The number of carbonyl (C=O) groups is 2. The minimum absolute atomic E-state index is 0.00177. The van der Waals surface area contributed by atoms with Crippen molar-refractivity contribution in [3.63, 3.8) is 0 Å². The zero-order valence-electron chi connectivity index (χ0n) is 17.0. The fraction of sp³-hybridized carbons (Fsp3) is 0.208. The number of anilines is 1. The fourth-order valence-corrected chi connectivity index (χ4v) is 3.59. The number of allylic oxidation sites excluding steroid dienone is 2. The predicted octanol–water partition coefficient (Wildman–Crippen LogP) is 4.16. The summed E-state index contributed by atoms with van der Waals surface area (Å²) in [7, 11) is 0. The molecule has 2 aromatic carbocycles. The number of carbonyl (C=O) groups excluding carboxylic acids is 2. The highest BCUT2D eigenvalue weighted by Gasteiger charge is 2.42. The molecule has 0 saturated heterocycles. The summed E-state index contributed by atoms with van der Waals surface area (Å²) in [6.07, 6.45) is 6.96. The lowest BCUT2D eigenvalue weighted by atomic mass is 9.93. The second-order valence-corrected chi connectivity index (χ2v) is 7.31. The van der Waals surface area contributed by atoms with Gasteiger partial charge in [-0.3, -0.25) is 19.5 Å². The number of rotatable bonds is 5. The third kappa shape index (κ3) is 3.64. The number of ether oxygens (including phenoxy) is 1. The van der Waals surface area contributed by atoms with Gasteiger partial charge < -0.3 is 10.1 Å². The fourth-order valence-electron chi connectivity index (χ4n) is 3.59. The average molecular weight is 401 g/mol. The van der Waals surface area contributed by atoms with Crippen LogP contribution in [0.4, 0.5) is 5.69 Å². The number of para-hydroxylation sites is 2. The van der Waals surface area contributed by atoms with E-state index in [1.807, 2.05) is 55.5 Å². The molecule has 152 valence electrons. The standard InChI is InChI=1S/C24H23N3O3/c1-3-30-20-13-7-5-11-18(20)17-10-4-6-12-19(17)25-23(29)24(2)16-22(28)27-15-9-8-14-21(27)26-24/h4-15H,3,16H2,1-2H3,(H,25,29)/t24-/m1/s1. The van der Waals surface area contributed by atoms with Crippen molar-refractivity contribution < 1.29 is 14.3 Å². The van der Waals surface area contributed by atoms with Crippen molar-refractivity contribution in [1.29, 1.82) is 0 Å². The van der Waals surface area contributed by atoms with Gasteiger partial charge >= 0.3 is 0 Å². The van der Waals surface area contributed by atoms with E-state index < -0.39 is 5.54 Å². The van der Waals surface area contributed by atoms with Gasteiger partial charge in [-0.25, -0.2) is 0 Å². The first-order valence-electron chi connectivity index (χ1n) is 9.91. The number of amidine groups is 1. The molecule has 0 aromatic heterocycles. The van der Waals surface area contributed by atoms with Gasteiger partial charge in [0.2, 0.25) is 5.91 Å². The Kier molecular flexibility index (Phi) is 5.23. The Hall–Kier alpha value is -3.67. The highest BCUT2D eigenvalue weighted by molar-refractivity contribution is 6.13. The molecule has 6 nitrogen and oxygen atoms in total. The minimum Gasteiger partial charge on any atom is -0.493 e. The third-order valence-electron chi connectivity index (χ3n) is 5.11. The van der Waals surface area contributed by atoms with Gasteiger partial charge in [-0.15, -0.1) is 0 Å². The van der Waals surface area contributed by atoms with Gasteiger partial charge in [-0.1, -0.05) is 42.5 Å². The number of benzene rings is 2. The highest BCUT2D eigenvalue weighted by Crippen LogP contribution is 2.36. The van der Waals surface area contributed by atoms with E-state index in [1.165, 1.54) is 4.90 Å². The van der Waals surface area contributed by atoms with Gasteiger partial charge in [0, 0.05) is 23.0 Å². The van der Waals surface area contributed by atoms with Gasteiger partial charge in [0.25, 0.3) is 5.91 Å². The Morgan fingerprint density at radius 3 is 2.67 bits per heavy atom. The Morgan fingerprint density at radius 2 is 1.87 bits per heavy atom. The molecular formula is C24H23N3O3. The summed E-state index contributed by atoms with van der Waals surface area (Å²) in [5.74, 6) is 0.734. The topological polar surface area (TPSA) is 71.0 Å². The molecule has 6 heteroatoms. The first-order valence-corrected chi connectivity index (χ1v) is 9.91. The number of hydrogen-bond donors (Lipinski definition) is 1. The zero-order valence-corrected chi connectivity index (χ0v) is 17.0. The maximum absolute atomic E-state index is 13.2. The molecule has 0 spiro atoms. The van der Waals surface area contributed by atoms with Crippen LogP contribution in [-0.4, -0.2) is 34.7 Å². The third-order valence-corrected chi connectivity index (χ3v) is 5.11. The van der Waals surface area contributed by atoms with E-state index in [-0.39, 0.29) is 18.2 Å². The molecule has 0 fully saturated rings. The van der Waals surface area contributed by atoms with Crippen molar-refractivity contribution in [2.45, 2.75) is 25.8 Å². The van der Waals surface area contributed by atoms with Crippen LogP contribution in [0, 0.1) is 0 Å². The molecule has 30 heavy (non-hydrogen) atoms. The summed E-state index contributed by atoms with van der Waals surface area (Å²) in [4.78, 5) is 31.9. The SMILES string of the molecule is CCOc1ccccc1-c1ccccc1NC(=O)[C@@]1(C)CC(=O)N2C=CC=CC2=N1. The van der Waals surface area contributed by atoms with E-state index in [1.54, 1.807) is 31.4 Å². The van der Waals surface area contributed by atoms with Crippen molar-refractivity contribution in [1.82, 2.24) is 4.90 Å². The van der Waals surface area contributed by atoms with Crippen molar-refractivity contribution in [2.75, 3.05) is 11.9 Å². The number of amides is 2. The van der Waals surface area contributed by atoms with Crippen molar-refractivity contribution in [2.24, 2.45) is 4.99 Å². The summed E-state index contributed by atoms with van der Waals surface area (Å²) in [6.45, 7) is 4.16. The lowest BCUT2D eigenvalue weighted by Gasteiger charge is -2.34. The molecule has 1 N–H and O–H groups in total. The van der Waals surface area contributed by atoms with Crippen LogP contribution in [0.3, 0.4) is 0 Å². The molecule has 2 aromatic rings. The largest absolute Gasteiger partial charge is 0.493 e. The first kappa shape index (κ1) is 19.6. The Balaban J connectivity index is 1.66. The zero-order chi connectivity index (χ0) is 21.1. The summed E-state index contributed by atoms with van der Waals surface area (Å²) < 4.78 is 5.76. The molecule has 0 unspecified atom stereocenters. The van der Waals surface area contributed by atoms with Crippen LogP contribution in [0.5, 0.6) is 5.75 Å². The van der Waals surface area contributed by atoms with E-state index in [4.69, 9.17) is 4.74 Å². The summed E-state index contributed by atoms with van der Waals surface area (Å²) in [6, 6.07) is 15.3. The Bertz CT molecular complexity index is 1090. The van der Waals surface area contributed by atoms with E-state index in [0.717, 1.165) is 16.9 Å². The molecule has 0 radical (unpaired) electrons. The molecule has 1 atom stereocenters. The second kappa shape index (κ2) is 7.99. The van der Waals surface area contributed by atoms with E-state index in [0.29, 0.717) is 18.1 Å². The molecule has 2 heterocycles. The lowest BCUT2D eigenvalue weighted by molar-refractivity contribution is -0.132. The molecule has 2 amide bonds. The summed E-state index contributed by atoms with van der Waals surface area (Å²) >= 11 is 0. The maximum Gasteiger partial charge on any atom is 0.252 e. The summed E-state index contributed by atoms with van der Waals surface area (Å²) in [5, 5.41) is 2.99. The molecule has 0 saturated carbocycles. The van der Waals surface area contributed by atoms with Gasteiger partial charge in [0.1, 0.15) is 17.1 Å². The number of nitrogens with zero attached hydrogens (tertiary/aromatic N) is 2. The lowest BCUT2D eigenvalue weighted by Crippen LogP contribution is -2.50. The number of hydrogen-bond acceptors (Lipinski definition) is 4. The normalized spacial score (nSPS) is 19.9. The minimum atomic E-state index is -1.19. The quantitative estimate of drug-likeness (QED) is 0.818. The molecule has 0 aliphatic carbocycles. The molecule has 4 rings (SSSR count). The smallest absolute Gasteiger partial charge is 0.252 e. The van der Waals surface area contributed by atoms with Crippen LogP contribution in [0.1, 0.15) is 20.3 Å². The monoisotopic (exact) mass is 401 g/mol. The number of nitrogens with one attached hydrogen (secondary N) is 1. The number of aliphatic imine (C=N–C) groups is 1. The molecule has 2 aliphatic heterocycles. The number of fused-ring (bicyclic) bond motifs is 1. The van der Waals surface area contributed by atoms with E-state index in [9.17, 15) is 9.59 Å². The van der Waals surface area contributed by atoms with Crippen molar-refractivity contribution in [3.05, 3.63) is 73.0 Å². The van der Waals surface area contributed by atoms with E-state index in [2.05, 4.69) is 10.3 Å². The van der Waals surface area contributed by atoms with Gasteiger partial charge in [0.05, 0.1) is 13.0 Å². The van der Waals surface area contributed by atoms with Crippen LogP contribution in [-0.2, 0) is 9.59 Å². The predicted molar refractivity (Wildman–Crippen MR) is 117 cm³/mol. The van der Waals surface area contributed by atoms with Crippen LogP contribution in [0.2, 0.25) is 0 Å². The molecule has 0 bridgehead atoms. The maximum atomic E-state index is 13.2. The van der Waals surface area contributed by atoms with Crippen LogP contribution >= 0.6 is 0 Å². The highest BCUT2D eigenvalue weighted by atomic mass is 16.5. The van der Waals surface area contributed by atoms with Gasteiger partial charge in [-0.05, 0) is 38.1 Å². The van der Waals surface area contributed by atoms with Crippen molar-refractivity contribution >= 4 is 23.3 Å². The second-order valence-electron chi connectivity index (χ2n) is 7.31. The summed E-state index contributed by atoms with van der Waals surface area (Å²) in [5.41, 5.74) is 1.18. The van der Waals surface area contributed by atoms with Crippen LogP contribution in [0.25, 0.3) is 11.1 Å².